The van der Waals surface area contributed by atoms with Crippen LogP contribution in [0.5, 0.6) is 0 Å². The molecule has 130 valence electrons. The van der Waals surface area contributed by atoms with Crippen molar-refractivity contribution in [3.8, 4) is 0 Å². The first-order chi connectivity index (χ1) is 11.7. The monoisotopic (exact) mass is 331 g/mol. The van der Waals surface area contributed by atoms with E-state index in [0.29, 0.717) is 13.1 Å². The number of urea groups is 1. The van der Waals surface area contributed by atoms with Gasteiger partial charge in [-0.3, -0.25) is 0 Å². The minimum absolute atomic E-state index is 0.0300. The second-order valence-electron chi connectivity index (χ2n) is 6.29. The number of nitrogens with one attached hydrogen (secondary N) is 1. The van der Waals surface area contributed by atoms with Crippen LogP contribution in [0.2, 0.25) is 0 Å². The lowest BCUT2D eigenvalue weighted by molar-refractivity contribution is 0.178. The van der Waals surface area contributed by atoms with E-state index in [2.05, 4.69) is 32.0 Å². The zero-order valence-electron chi connectivity index (χ0n) is 14.4. The lowest BCUT2D eigenvalue weighted by atomic mass is 9.97. The molecular formula is C16H25N7O. The molecule has 8 nitrogen and oxygen atoms in total. The molecule has 1 atom stereocenters. The van der Waals surface area contributed by atoms with Crippen molar-refractivity contribution in [3.63, 3.8) is 0 Å². The van der Waals surface area contributed by atoms with Crippen molar-refractivity contribution in [1.29, 1.82) is 0 Å². The van der Waals surface area contributed by atoms with Gasteiger partial charge in [-0.1, -0.05) is 6.92 Å². The zero-order valence-corrected chi connectivity index (χ0v) is 14.4. The minimum Gasteiger partial charge on any atom is -0.338 e. The molecule has 2 aromatic heterocycles. The Morgan fingerprint density at radius 2 is 2.29 bits per heavy atom. The lowest BCUT2D eigenvalue weighted by Crippen LogP contribution is -2.45. The highest BCUT2D eigenvalue weighted by Crippen LogP contribution is 2.25. The number of nitrogens with zero attached hydrogens (tertiary/aromatic N) is 6. The molecule has 0 unspecified atom stereocenters. The molecule has 2 amide bonds. The Hall–Kier alpha value is -2.38. The Labute approximate surface area is 141 Å². The molecule has 0 spiro atoms. The summed E-state index contributed by atoms with van der Waals surface area (Å²) >= 11 is 0. The van der Waals surface area contributed by atoms with Gasteiger partial charge in [-0.25, -0.2) is 9.78 Å². The molecule has 0 aliphatic carbocycles. The van der Waals surface area contributed by atoms with Crippen molar-refractivity contribution in [3.05, 3.63) is 30.4 Å². The van der Waals surface area contributed by atoms with Gasteiger partial charge < -0.3 is 19.4 Å². The summed E-state index contributed by atoms with van der Waals surface area (Å²) in [4.78, 5) is 18.1. The number of aromatic nitrogens is 5. The van der Waals surface area contributed by atoms with Crippen LogP contribution in [0.4, 0.5) is 4.79 Å². The molecule has 24 heavy (non-hydrogen) atoms. The smallest absolute Gasteiger partial charge is 0.317 e. The number of imidazole rings is 1. The van der Waals surface area contributed by atoms with Gasteiger partial charge in [0.05, 0.1) is 12.9 Å². The molecule has 1 fully saturated rings. The Balaban J connectivity index is 1.67. The van der Waals surface area contributed by atoms with Crippen molar-refractivity contribution >= 4 is 6.03 Å². The summed E-state index contributed by atoms with van der Waals surface area (Å²) in [5, 5.41) is 11.7. The molecule has 0 saturated carbocycles. The van der Waals surface area contributed by atoms with Crippen LogP contribution in [-0.2, 0) is 13.6 Å². The van der Waals surface area contributed by atoms with Crippen LogP contribution in [-0.4, -0.2) is 54.9 Å². The second kappa shape index (κ2) is 7.46. The Kier molecular flexibility index (Phi) is 5.12. The molecule has 1 saturated heterocycles. The quantitative estimate of drug-likeness (QED) is 0.897. The molecule has 1 N–H and O–H groups in total. The van der Waals surface area contributed by atoms with E-state index in [0.717, 1.165) is 44.0 Å². The number of carbonyl (C=O) groups excluding carboxylic acids is 1. The van der Waals surface area contributed by atoms with E-state index in [1.165, 1.54) is 0 Å². The molecule has 0 bridgehead atoms. The van der Waals surface area contributed by atoms with Crippen molar-refractivity contribution < 1.29 is 4.79 Å². The van der Waals surface area contributed by atoms with E-state index < -0.39 is 0 Å². The third-order valence-corrected chi connectivity index (χ3v) is 4.48. The Morgan fingerprint density at radius 1 is 1.42 bits per heavy atom. The van der Waals surface area contributed by atoms with Gasteiger partial charge in [0.15, 0.2) is 5.82 Å². The molecule has 2 aromatic rings. The summed E-state index contributed by atoms with van der Waals surface area (Å²) in [6.07, 6.45) is 8.42. The second-order valence-corrected chi connectivity index (χ2v) is 6.29. The van der Waals surface area contributed by atoms with E-state index >= 15 is 0 Å². The van der Waals surface area contributed by atoms with E-state index in [9.17, 15) is 4.79 Å². The molecule has 1 aliphatic rings. The van der Waals surface area contributed by atoms with Crippen molar-refractivity contribution in [2.45, 2.75) is 38.6 Å². The fourth-order valence-electron chi connectivity index (χ4n) is 3.13. The maximum absolute atomic E-state index is 12.2. The van der Waals surface area contributed by atoms with E-state index in [1.807, 2.05) is 22.7 Å². The Morgan fingerprint density at radius 3 is 3.04 bits per heavy atom. The van der Waals surface area contributed by atoms with Gasteiger partial charge in [-0.15, -0.1) is 10.2 Å². The molecule has 3 heterocycles. The highest BCUT2D eigenvalue weighted by molar-refractivity contribution is 5.74. The number of hydrogen-bond donors (Lipinski definition) is 1. The summed E-state index contributed by atoms with van der Waals surface area (Å²) < 4.78 is 4.03. The van der Waals surface area contributed by atoms with Gasteiger partial charge in [0.1, 0.15) is 5.82 Å². The van der Waals surface area contributed by atoms with Crippen LogP contribution < -0.4 is 5.32 Å². The van der Waals surface area contributed by atoms with Gasteiger partial charge >= 0.3 is 6.03 Å². The van der Waals surface area contributed by atoms with Crippen LogP contribution in [0, 0.1) is 0 Å². The van der Waals surface area contributed by atoms with E-state index in [-0.39, 0.29) is 11.9 Å². The Bertz CT molecular complexity index is 664. The third kappa shape index (κ3) is 3.58. The fraction of sp³-hybridized carbons (Fsp3) is 0.625. The van der Waals surface area contributed by atoms with Crippen LogP contribution in [0.1, 0.15) is 43.8 Å². The zero-order chi connectivity index (χ0) is 16.9. The topological polar surface area (TPSA) is 80.9 Å². The number of rotatable bonds is 5. The standard InChI is InChI=1S/C16H25N7O/c1-3-6-18-16(24)23-8-4-5-13(10-23)15-20-19-14(21(15)2)11-22-9-7-17-12-22/h7,9,12-13H,3-6,8,10-11H2,1-2H3,(H,18,24)/t13-/m0/s1. The highest BCUT2D eigenvalue weighted by atomic mass is 16.2. The third-order valence-electron chi connectivity index (χ3n) is 4.48. The summed E-state index contributed by atoms with van der Waals surface area (Å²) in [5.74, 6) is 2.09. The fourth-order valence-corrected chi connectivity index (χ4v) is 3.13. The number of likely N-dealkylation sites (tertiary alicyclic amines) is 1. The average Bonchev–Trinajstić information content (AvgIpc) is 3.24. The molecule has 8 heteroatoms. The van der Waals surface area contributed by atoms with Gasteiger partial charge in [-0.05, 0) is 19.3 Å². The number of carbonyl (C=O) groups is 1. The molecule has 1 aliphatic heterocycles. The first-order valence-electron chi connectivity index (χ1n) is 8.55. The predicted octanol–water partition coefficient (Wildman–Crippen LogP) is 1.36. The highest BCUT2D eigenvalue weighted by Gasteiger charge is 2.28. The summed E-state index contributed by atoms with van der Waals surface area (Å²) in [6.45, 7) is 4.94. The number of amides is 2. The maximum atomic E-state index is 12.2. The average molecular weight is 331 g/mol. The van der Waals surface area contributed by atoms with Crippen LogP contribution in [0.3, 0.4) is 0 Å². The molecular weight excluding hydrogens is 306 g/mol. The summed E-state index contributed by atoms with van der Waals surface area (Å²) in [5.41, 5.74) is 0. The maximum Gasteiger partial charge on any atom is 0.317 e. The van der Waals surface area contributed by atoms with Crippen LogP contribution in [0.15, 0.2) is 18.7 Å². The van der Waals surface area contributed by atoms with Gasteiger partial charge in [0.25, 0.3) is 0 Å². The lowest BCUT2D eigenvalue weighted by Gasteiger charge is -2.32. The predicted molar refractivity (Wildman–Crippen MR) is 89.6 cm³/mol. The van der Waals surface area contributed by atoms with Crippen molar-refractivity contribution in [2.24, 2.45) is 7.05 Å². The van der Waals surface area contributed by atoms with Crippen LogP contribution >= 0.6 is 0 Å². The first-order valence-corrected chi connectivity index (χ1v) is 8.55. The van der Waals surface area contributed by atoms with Crippen molar-refractivity contribution in [2.75, 3.05) is 19.6 Å². The minimum atomic E-state index is 0.0300. The first kappa shape index (κ1) is 16.5. The number of hydrogen-bond acceptors (Lipinski definition) is 4. The van der Waals surface area contributed by atoms with Gasteiger partial charge in [-0.2, -0.15) is 0 Å². The molecule has 0 radical (unpaired) electrons. The summed E-state index contributed by atoms with van der Waals surface area (Å²) in [6, 6.07) is 0.0300. The SMILES string of the molecule is CCCNC(=O)N1CCC[C@H](c2nnc(Cn3ccnc3)n2C)C1. The molecule has 3 rings (SSSR count). The molecule has 0 aromatic carbocycles. The summed E-state index contributed by atoms with van der Waals surface area (Å²) in [7, 11) is 2.00. The normalized spacial score (nSPS) is 17.9. The van der Waals surface area contributed by atoms with Gasteiger partial charge in [0.2, 0.25) is 0 Å². The number of piperidine rings is 1. The largest absolute Gasteiger partial charge is 0.338 e. The van der Waals surface area contributed by atoms with E-state index in [4.69, 9.17) is 0 Å². The van der Waals surface area contributed by atoms with Crippen molar-refractivity contribution in [1.82, 2.24) is 34.5 Å². The van der Waals surface area contributed by atoms with Gasteiger partial charge in [0, 0.05) is 45.0 Å². The van der Waals surface area contributed by atoms with Crippen LogP contribution in [0.25, 0.3) is 0 Å². The van der Waals surface area contributed by atoms with E-state index in [1.54, 1.807) is 12.5 Å².